The first-order valence-corrected chi connectivity index (χ1v) is 11.3. The fraction of sp³-hybridized carbons (Fsp3) is 0.500. The lowest BCUT2D eigenvalue weighted by atomic mass is 9.75. The number of benzene rings is 2. The van der Waals surface area contributed by atoms with Crippen LogP contribution in [0.25, 0.3) is 0 Å². The molecule has 2 rings (SSSR count). The summed E-state index contributed by atoms with van der Waals surface area (Å²) in [6, 6.07) is 12.9. The van der Waals surface area contributed by atoms with E-state index >= 15 is 0 Å². The Morgan fingerprint density at radius 3 is 2.13 bits per heavy atom. The number of aryl methyl sites for hydroxylation is 1. The molecule has 0 fully saturated rings. The van der Waals surface area contributed by atoms with Gasteiger partial charge in [-0.25, -0.2) is 0 Å². The Morgan fingerprint density at radius 2 is 1.61 bits per heavy atom. The van der Waals surface area contributed by atoms with Gasteiger partial charge in [-0.2, -0.15) is 0 Å². The van der Waals surface area contributed by atoms with Crippen LogP contribution in [0.3, 0.4) is 0 Å². The van der Waals surface area contributed by atoms with Crippen LogP contribution in [0.15, 0.2) is 42.5 Å². The van der Waals surface area contributed by atoms with Crippen molar-refractivity contribution in [3.63, 3.8) is 0 Å². The van der Waals surface area contributed by atoms with Gasteiger partial charge in [-0.15, -0.1) is 0 Å². The molecule has 2 aromatic carbocycles. The van der Waals surface area contributed by atoms with Gasteiger partial charge in [0.15, 0.2) is 0 Å². The molecule has 31 heavy (non-hydrogen) atoms. The van der Waals surface area contributed by atoms with Crippen molar-refractivity contribution in [3.8, 4) is 5.75 Å². The second kappa shape index (κ2) is 12.2. The fourth-order valence-corrected chi connectivity index (χ4v) is 4.09. The van der Waals surface area contributed by atoms with Crippen LogP contribution < -0.4 is 4.74 Å². The Kier molecular flexibility index (Phi) is 9.70. The number of aldehydes is 1. The summed E-state index contributed by atoms with van der Waals surface area (Å²) >= 11 is 0. The number of ether oxygens (including phenoxy) is 1. The zero-order valence-corrected chi connectivity index (χ0v) is 19.1. The van der Waals surface area contributed by atoms with Gasteiger partial charge in [0, 0.05) is 17.5 Å². The van der Waals surface area contributed by atoms with Gasteiger partial charge in [0.2, 0.25) is 0 Å². The van der Waals surface area contributed by atoms with Gasteiger partial charge in [-0.05, 0) is 60.9 Å². The minimum Gasteiger partial charge on any atom is -0.497 e. The predicted molar refractivity (Wildman–Crippen MR) is 125 cm³/mol. The van der Waals surface area contributed by atoms with E-state index in [0.717, 1.165) is 73.8 Å². The fourth-order valence-electron chi connectivity index (χ4n) is 4.09. The highest BCUT2D eigenvalue weighted by Crippen LogP contribution is 2.35. The van der Waals surface area contributed by atoms with E-state index in [0.29, 0.717) is 6.42 Å². The van der Waals surface area contributed by atoms with Gasteiger partial charge >= 0.3 is 0 Å². The second-order valence-electron chi connectivity index (χ2n) is 8.42. The van der Waals surface area contributed by atoms with E-state index in [2.05, 4.69) is 13.8 Å². The number of methoxy groups -OCH3 is 1. The number of nitro groups is 1. The number of nitrogens with zero attached hydrogens (tertiary/aromatic N) is 1. The van der Waals surface area contributed by atoms with Crippen LogP contribution in [-0.4, -0.2) is 18.3 Å². The van der Waals surface area contributed by atoms with Crippen molar-refractivity contribution in [2.24, 2.45) is 5.41 Å². The normalized spacial score (nSPS) is 11.3. The van der Waals surface area contributed by atoms with Crippen molar-refractivity contribution in [2.45, 2.75) is 71.6 Å². The molecule has 0 bridgehead atoms. The first-order chi connectivity index (χ1) is 15.0. The van der Waals surface area contributed by atoms with Crippen molar-refractivity contribution in [1.29, 1.82) is 0 Å². The largest absolute Gasteiger partial charge is 0.497 e. The summed E-state index contributed by atoms with van der Waals surface area (Å²) in [6.07, 6.45) is 9.36. The molecule has 0 spiro atoms. The standard InChI is InChI=1S/C26H35NO4/c1-4-6-15-26(20-28,16-7-5-2)17-14-22-10-11-24(27(29)30)19-23(22)18-21-8-12-25(31-3)13-9-21/h8-13,19-20H,4-7,14-18H2,1-3H3. The molecule has 5 nitrogen and oxygen atoms in total. The topological polar surface area (TPSA) is 69.4 Å². The third kappa shape index (κ3) is 7.20. The highest BCUT2D eigenvalue weighted by Gasteiger charge is 2.28. The number of hydrogen-bond acceptors (Lipinski definition) is 4. The Hall–Kier alpha value is -2.69. The molecule has 0 saturated heterocycles. The quantitative estimate of drug-likeness (QED) is 0.192. The summed E-state index contributed by atoms with van der Waals surface area (Å²) in [6.45, 7) is 4.30. The second-order valence-corrected chi connectivity index (χ2v) is 8.42. The molecule has 0 saturated carbocycles. The van der Waals surface area contributed by atoms with Crippen molar-refractivity contribution in [1.82, 2.24) is 0 Å². The summed E-state index contributed by atoms with van der Waals surface area (Å²) in [5, 5.41) is 11.3. The van der Waals surface area contributed by atoms with Crippen molar-refractivity contribution in [3.05, 3.63) is 69.3 Å². The van der Waals surface area contributed by atoms with Crippen LogP contribution in [0.2, 0.25) is 0 Å². The first kappa shape index (κ1) is 24.6. The summed E-state index contributed by atoms with van der Waals surface area (Å²) in [7, 11) is 1.63. The molecule has 2 aromatic rings. The number of nitro benzene ring substituents is 1. The minimum absolute atomic E-state index is 0.103. The van der Waals surface area contributed by atoms with Gasteiger partial charge in [0.1, 0.15) is 12.0 Å². The third-order valence-corrected chi connectivity index (χ3v) is 6.15. The summed E-state index contributed by atoms with van der Waals surface area (Å²) in [5.74, 6) is 0.783. The SMILES string of the molecule is CCCCC(C=O)(CCCC)CCc1ccc([N+](=O)[O-])cc1Cc1ccc(OC)cc1. The van der Waals surface area contributed by atoms with Gasteiger partial charge in [-0.1, -0.05) is 57.7 Å². The molecule has 0 atom stereocenters. The van der Waals surface area contributed by atoms with Crippen LogP contribution >= 0.6 is 0 Å². The van der Waals surface area contributed by atoms with Crippen LogP contribution in [0, 0.1) is 15.5 Å². The lowest BCUT2D eigenvalue weighted by molar-refractivity contribution is -0.384. The van der Waals surface area contributed by atoms with E-state index in [1.165, 1.54) is 6.29 Å². The van der Waals surface area contributed by atoms with E-state index < -0.39 is 0 Å². The van der Waals surface area contributed by atoms with Crippen molar-refractivity contribution < 1.29 is 14.5 Å². The number of carbonyl (C=O) groups is 1. The number of non-ortho nitro benzene ring substituents is 1. The van der Waals surface area contributed by atoms with Crippen LogP contribution in [0.4, 0.5) is 5.69 Å². The molecule has 0 radical (unpaired) electrons. The molecule has 0 aliphatic carbocycles. The Balaban J connectivity index is 2.28. The van der Waals surface area contributed by atoms with Gasteiger partial charge in [0.25, 0.3) is 5.69 Å². The molecule has 5 heteroatoms. The zero-order chi connectivity index (χ0) is 22.7. The molecule has 0 aliphatic heterocycles. The molecule has 0 unspecified atom stereocenters. The summed E-state index contributed by atoms with van der Waals surface area (Å²) in [5.41, 5.74) is 2.91. The van der Waals surface area contributed by atoms with Crippen LogP contribution in [-0.2, 0) is 17.6 Å². The Morgan fingerprint density at radius 1 is 0.968 bits per heavy atom. The van der Waals surface area contributed by atoms with Crippen LogP contribution in [0.5, 0.6) is 5.75 Å². The van der Waals surface area contributed by atoms with Crippen molar-refractivity contribution in [2.75, 3.05) is 7.11 Å². The molecule has 0 aromatic heterocycles. The molecule has 0 heterocycles. The summed E-state index contributed by atoms with van der Waals surface area (Å²) in [4.78, 5) is 23.1. The van der Waals surface area contributed by atoms with E-state index in [-0.39, 0.29) is 16.0 Å². The maximum Gasteiger partial charge on any atom is 0.269 e. The number of hydrogen-bond donors (Lipinski definition) is 0. The van der Waals surface area contributed by atoms with E-state index in [9.17, 15) is 14.9 Å². The smallest absolute Gasteiger partial charge is 0.269 e. The average molecular weight is 426 g/mol. The van der Waals surface area contributed by atoms with Gasteiger partial charge < -0.3 is 9.53 Å². The highest BCUT2D eigenvalue weighted by molar-refractivity contribution is 5.59. The number of rotatable bonds is 14. The molecule has 0 N–H and O–H groups in total. The monoisotopic (exact) mass is 425 g/mol. The number of carbonyl (C=O) groups excluding carboxylic acids is 1. The lowest BCUT2D eigenvalue weighted by Crippen LogP contribution is -2.24. The maximum absolute atomic E-state index is 12.1. The van der Waals surface area contributed by atoms with Gasteiger partial charge in [-0.3, -0.25) is 10.1 Å². The first-order valence-electron chi connectivity index (χ1n) is 11.3. The predicted octanol–water partition coefficient (Wildman–Crippen LogP) is 6.69. The molecule has 168 valence electrons. The lowest BCUT2D eigenvalue weighted by Gasteiger charge is -2.28. The minimum atomic E-state index is -0.348. The number of unbranched alkanes of at least 4 members (excludes halogenated alkanes) is 2. The zero-order valence-electron chi connectivity index (χ0n) is 19.1. The molecule has 0 aliphatic rings. The third-order valence-electron chi connectivity index (χ3n) is 6.15. The van der Waals surface area contributed by atoms with E-state index in [4.69, 9.17) is 4.74 Å². The van der Waals surface area contributed by atoms with Crippen LogP contribution in [0.1, 0.15) is 75.5 Å². The maximum atomic E-state index is 12.1. The average Bonchev–Trinajstić information content (AvgIpc) is 2.80. The molecule has 0 amide bonds. The van der Waals surface area contributed by atoms with Gasteiger partial charge in [0.05, 0.1) is 12.0 Å². The van der Waals surface area contributed by atoms with Crippen molar-refractivity contribution >= 4 is 12.0 Å². The van der Waals surface area contributed by atoms with E-state index in [1.54, 1.807) is 19.2 Å². The Bertz CT molecular complexity index is 837. The molecular weight excluding hydrogens is 390 g/mol. The molecular formula is C26H35NO4. The highest BCUT2D eigenvalue weighted by atomic mass is 16.6. The summed E-state index contributed by atoms with van der Waals surface area (Å²) < 4.78 is 5.22. The Labute approximate surface area is 186 Å². The van der Waals surface area contributed by atoms with E-state index in [1.807, 2.05) is 30.3 Å².